The number of hydrogen-bond acceptors (Lipinski definition) is 6. The molecule has 0 radical (unpaired) electrons. The number of tetrazole rings is 1. The lowest BCUT2D eigenvalue weighted by molar-refractivity contribution is -0.138. The predicted octanol–water partition coefficient (Wildman–Crippen LogP) is 2.85. The summed E-state index contributed by atoms with van der Waals surface area (Å²) in [6.45, 7) is 1.65. The molecule has 1 aromatic carbocycles. The highest BCUT2D eigenvalue weighted by Crippen LogP contribution is 2.20. The van der Waals surface area contributed by atoms with Gasteiger partial charge in [0.15, 0.2) is 11.5 Å². The fourth-order valence-electron chi connectivity index (χ4n) is 3.00. The molecular formula is C21H16N6O2. The minimum absolute atomic E-state index is 0.0449. The largest absolute Gasteiger partial charge is 0.456 e. The van der Waals surface area contributed by atoms with Crippen molar-refractivity contribution in [3.63, 3.8) is 0 Å². The van der Waals surface area contributed by atoms with Crippen molar-refractivity contribution in [1.82, 2.24) is 24.6 Å². The van der Waals surface area contributed by atoms with E-state index in [4.69, 9.17) is 4.74 Å². The van der Waals surface area contributed by atoms with E-state index in [9.17, 15) is 10.1 Å². The summed E-state index contributed by atoms with van der Waals surface area (Å²) in [5.74, 6) is -0.139. The first-order valence-corrected chi connectivity index (χ1v) is 8.85. The molecule has 142 valence electrons. The molecule has 0 atom stereocenters. The van der Waals surface area contributed by atoms with Crippen LogP contribution in [0.15, 0.2) is 60.9 Å². The smallest absolute Gasteiger partial charge is 0.357 e. The summed E-state index contributed by atoms with van der Waals surface area (Å²) in [5, 5.41) is 20.9. The van der Waals surface area contributed by atoms with Gasteiger partial charge in [-0.25, -0.2) is 4.79 Å². The van der Waals surface area contributed by atoms with E-state index in [1.54, 1.807) is 19.2 Å². The van der Waals surface area contributed by atoms with E-state index < -0.39 is 5.97 Å². The van der Waals surface area contributed by atoms with Crippen LogP contribution in [0.2, 0.25) is 0 Å². The highest BCUT2D eigenvalue weighted by molar-refractivity contribution is 6.15. The van der Waals surface area contributed by atoms with Gasteiger partial charge >= 0.3 is 5.97 Å². The van der Waals surface area contributed by atoms with Crippen LogP contribution < -0.4 is 0 Å². The van der Waals surface area contributed by atoms with Gasteiger partial charge in [0.25, 0.3) is 0 Å². The Morgan fingerprint density at radius 2 is 2.00 bits per heavy atom. The van der Waals surface area contributed by atoms with Crippen molar-refractivity contribution in [2.45, 2.75) is 13.5 Å². The summed E-state index contributed by atoms with van der Waals surface area (Å²) < 4.78 is 8.68. The third-order valence-corrected chi connectivity index (χ3v) is 4.40. The molecule has 0 spiro atoms. The second kappa shape index (κ2) is 7.78. The third-order valence-electron chi connectivity index (χ3n) is 4.40. The zero-order chi connectivity index (χ0) is 20.2. The van der Waals surface area contributed by atoms with Crippen LogP contribution in [0.25, 0.3) is 17.3 Å². The minimum atomic E-state index is -0.594. The number of nitriles is 1. The van der Waals surface area contributed by atoms with Crippen LogP contribution in [-0.2, 0) is 16.1 Å². The maximum atomic E-state index is 12.9. The normalized spacial score (nSPS) is 11.4. The summed E-state index contributed by atoms with van der Waals surface area (Å²) in [4.78, 5) is 12.9. The lowest BCUT2D eigenvalue weighted by Crippen LogP contribution is -2.15. The molecule has 4 rings (SSSR count). The van der Waals surface area contributed by atoms with E-state index in [2.05, 4.69) is 21.6 Å². The van der Waals surface area contributed by atoms with Gasteiger partial charge in [-0.1, -0.05) is 36.4 Å². The predicted molar refractivity (Wildman–Crippen MR) is 105 cm³/mol. The topological polar surface area (TPSA) is 98.1 Å². The molecular weight excluding hydrogens is 368 g/mol. The summed E-state index contributed by atoms with van der Waals surface area (Å²) in [5.41, 5.74) is 2.85. The van der Waals surface area contributed by atoms with Gasteiger partial charge in [0, 0.05) is 18.0 Å². The van der Waals surface area contributed by atoms with Crippen molar-refractivity contribution >= 4 is 23.3 Å². The Morgan fingerprint density at radius 1 is 1.21 bits per heavy atom. The molecule has 8 heteroatoms. The van der Waals surface area contributed by atoms with E-state index in [0.29, 0.717) is 17.0 Å². The standard InChI is InChI=1S/C21H16N6O2/c1-15-23-24-25-27(15)20(11-16-7-3-2-4-8-16)21(28)29-14-17-13-26-10-6-5-9-19(26)18(17)12-22/h2-11,13H,14H2,1H3/b20-11-. The van der Waals surface area contributed by atoms with Crippen molar-refractivity contribution in [3.8, 4) is 6.07 Å². The molecule has 3 heterocycles. The molecule has 0 fully saturated rings. The van der Waals surface area contributed by atoms with Crippen LogP contribution in [0.5, 0.6) is 0 Å². The molecule has 0 saturated heterocycles. The van der Waals surface area contributed by atoms with Gasteiger partial charge in [0.2, 0.25) is 0 Å². The number of nitrogens with zero attached hydrogens (tertiary/aromatic N) is 6. The van der Waals surface area contributed by atoms with Crippen LogP contribution in [0.4, 0.5) is 0 Å². The Labute approximate surface area is 166 Å². The molecule has 8 nitrogen and oxygen atoms in total. The summed E-state index contributed by atoms with van der Waals surface area (Å²) >= 11 is 0. The van der Waals surface area contributed by atoms with Crippen molar-refractivity contribution in [2.75, 3.05) is 0 Å². The molecule has 29 heavy (non-hydrogen) atoms. The third kappa shape index (κ3) is 3.61. The van der Waals surface area contributed by atoms with E-state index in [1.807, 2.05) is 59.1 Å². The zero-order valence-corrected chi connectivity index (χ0v) is 15.6. The quantitative estimate of drug-likeness (QED) is 0.388. The molecule has 4 aromatic rings. The Balaban J connectivity index is 1.64. The summed E-state index contributed by atoms with van der Waals surface area (Å²) in [6, 6.07) is 17.1. The highest BCUT2D eigenvalue weighted by Gasteiger charge is 2.19. The first-order chi connectivity index (χ1) is 14.2. The van der Waals surface area contributed by atoms with E-state index in [-0.39, 0.29) is 12.3 Å². The number of hydrogen-bond donors (Lipinski definition) is 0. The van der Waals surface area contributed by atoms with Crippen molar-refractivity contribution < 1.29 is 9.53 Å². The number of fused-ring (bicyclic) bond motifs is 1. The molecule has 0 aliphatic heterocycles. The number of aromatic nitrogens is 5. The zero-order valence-electron chi connectivity index (χ0n) is 15.6. The summed E-state index contributed by atoms with van der Waals surface area (Å²) in [6.07, 6.45) is 5.28. The van der Waals surface area contributed by atoms with Gasteiger partial charge in [-0.3, -0.25) is 0 Å². The van der Waals surface area contributed by atoms with Crippen molar-refractivity contribution in [1.29, 1.82) is 5.26 Å². The van der Waals surface area contributed by atoms with Crippen molar-refractivity contribution in [2.24, 2.45) is 0 Å². The van der Waals surface area contributed by atoms with Crippen LogP contribution >= 0.6 is 0 Å². The van der Waals surface area contributed by atoms with Gasteiger partial charge in [-0.05, 0) is 41.1 Å². The molecule has 0 aliphatic carbocycles. The fourth-order valence-corrected chi connectivity index (χ4v) is 3.00. The Bertz CT molecular complexity index is 1250. The average Bonchev–Trinajstić information content (AvgIpc) is 3.33. The Kier molecular flexibility index (Phi) is 4.86. The maximum absolute atomic E-state index is 12.9. The summed E-state index contributed by atoms with van der Waals surface area (Å²) in [7, 11) is 0. The number of benzene rings is 1. The van der Waals surface area contributed by atoms with E-state index in [0.717, 1.165) is 11.1 Å². The number of carbonyl (C=O) groups is 1. The molecule has 0 amide bonds. The lowest BCUT2D eigenvalue weighted by atomic mass is 10.2. The monoisotopic (exact) mass is 384 g/mol. The number of aryl methyl sites for hydroxylation is 1. The van der Waals surface area contributed by atoms with Crippen LogP contribution in [0.1, 0.15) is 22.5 Å². The van der Waals surface area contributed by atoms with Crippen molar-refractivity contribution in [3.05, 3.63) is 83.4 Å². The molecule has 0 bridgehead atoms. The first-order valence-electron chi connectivity index (χ1n) is 8.85. The van der Waals surface area contributed by atoms with E-state index >= 15 is 0 Å². The van der Waals surface area contributed by atoms with Crippen LogP contribution in [-0.4, -0.2) is 30.6 Å². The van der Waals surface area contributed by atoms with Gasteiger partial charge in [0.05, 0.1) is 11.1 Å². The lowest BCUT2D eigenvalue weighted by Gasteiger charge is -2.09. The first kappa shape index (κ1) is 18.1. The molecule has 0 unspecified atom stereocenters. The number of carbonyl (C=O) groups excluding carboxylic acids is 1. The molecule has 3 aromatic heterocycles. The number of esters is 1. The molecule has 0 aliphatic rings. The SMILES string of the molecule is Cc1nnnn1/C(=C\c1ccccc1)C(=O)OCc1cn2ccccc2c1C#N. The Hall–Kier alpha value is -4.25. The van der Waals surface area contributed by atoms with Gasteiger partial charge < -0.3 is 9.14 Å². The average molecular weight is 384 g/mol. The number of pyridine rings is 1. The fraction of sp³-hybridized carbons (Fsp3) is 0.0952. The number of rotatable bonds is 5. The van der Waals surface area contributed by atoms with Gasteiger partial charge in [-0.2, -0.15) is 9.94 Å². The molecule has 0 saturated carbocycles. The van der Waals surface area contributed by atoms with E-state index in [1.165, 1.54) is 4.68 Å². The Morgan fingerprint density at radius 3 is 2.72 bits per heavy atom. The van der Waals surface area contributed by atoms with Gasteiger partial charge in [0.1, 0.15) is 12.7 Å². The molecule has 0 N–H and O–H groups in total. The minimum Gasteiger partial charge on any atom is -0.456 e. The van der Waals surface area contributed by atoms with Gasteiger partial charge in [-0.15, -0.1) is 5.10 Å². The second-order valence-corrected chi connectivity index (χ2v) is 6.29. The highest BCUT2D eigenvalue weighted by atomic mass is 16.5. The van der Waals surface area contributed by atoms with Crippen LogP contribution in [0.3, 0.4) is 0 Å². The number of ether oxygens (including phenoxy) is 1. The second-order valence-electron chi connectivity index (χ2n) is 6.29. The van der Waals surface area contributed by atoms with Crippen LogP contribution in [0, 0.1) is 18.3 Å². The maximum Gasteiger partial charge on any atom is 0.357 e.